The highest BCUT2D eigenvalue weighted by atomic mass is 16.5. The largest absolute Gasteiger partial charge is 0.384 e. The van der Waals surface area contributed by atoms with Gasteiger partial charge in [-0.15, -0.1) is 0 Å². The Balaban J connectivity index is 0.00000191. The minimum Gasteiger partial charge on any atom is -0.384 e. The first kappa shape index (κ1) is 20.4. The third-order valence-corrected chi connectivity index (χ3v) is 3.48. The van der Waals surface area contributed by atoms with Crippen molar-refractivity contribution in [3.05, 3.63) is 0 Å². The molecule has 4 heteroatoms. The number of hydrogen-bond acceptors (Lipinski definition) is 4. The molecular weight excluding hydrogens is 266 g/mol. The minimum atomic E-state index is -0.103. The van der Waals surface area contributed by atoms with E-state index in [0.717, 1.165) is 19.1 Å². The second-order valence-corrected chi connectivity index (χ2v) is 4.89. The van der Waals surface area contributed by atoms with E-state index in [1.807, 2.05) is 13.8 Å². The number of ether oxygens (including phenoxy) is 2. The van der Waals surface area contributed by atoms with Gasteiger partial charge in [-0.1, -0.05) is 39.0 Å². The second-order valence-electron chi connectivity index (χ2n) is 4.89. The number of piperidine rings is 1. The molecule has 21 heavy (non-hydrogen) atoms. The van der Waals surface area contributed by atoms with Crippen LogP contribution < -0.4 is 0 Å². The van der Waals surface area contributed by atoms with E-state index in [0.29, 0.717) is 19.8 Å². The van der Waals surface area contributed by atoms with E-state index in [1.54, 1.807) is 0 Å². The van der Waals surface area contributed by atoms with Crippen LogP contribution in [0.4, 0.5) is 0 Å². The Morgan fingerprint density at radius 2 is 1.90 bits per heavy atom. The summed E-state index contributed by atoms with van der Waals surface area (Å²) < 4.78 is 10.8. The molecule has 0 saturated carbocycles. The van der Waals surface area contributed by atoms with Crippen LogP contribution in [-0.2, 0) is 9.47 Å². The van der Waals surface area contributed by atoms with Crippen molar-refractivity contribution >= 4 is 0 Å². The van der Waals surface area contributed by atoms with Gasteiger partial charge < -0.3 is 19.5 Å². The fourth-order valence-corrected chi connectivity index (χ4v) is 2.33. The van der Waals surface area contributed by atoms with Crippen LogP contribution in [0.1, 0.15) is 40.0 Å². The molecule has 0 bridgehead atoms. The maximum Gasteiger partial charge on any atom is 0.107 e. The van der Waals surface area contributed by atoms with Crippen LogP contribution in [0.15, 0.2) is 0 Å². The van der Waals surface area contributed by atoms with Crippen LogP contribution in [0.5, 0.6) is 0 Å². The van der Waals surface area contributed by atoms with E-state index in [9.17, 15) is 0 Å². The van der Waals surface area contributed by atoms with Crippen molar-refractivity contribution in [2.75, 3.05) is 52.7 Å². The Labute approximate surface area is 130 Å². The van der Waals surface area contributed by atoms with Gasteiger partial charge in [-0.2, -0.15) is 0 Å². The highest BCUT2D eigenvalue weighted by molar-refractivity contribution is 4.98. The van der Waals surface area contributed by atoms with Gasteiger partial charge in [0.2, 0.25) is 0 Å². The third-order valence-electron chi connectivity index (χ3n) is 3.48. The lowest BCUT2D eigenvalue weighted by Crippen LogP contribution is -2.37. The monoisotopic (exact) mass is 299 g/mol. The van der Waals surface area contributed by atoms with Crippen LogP contribution in [0.3, 0.4) is 0 Å². The highest BCUT2D eigenvalue weighted by Gasteiger charge is 2.17. The summed E-state index contributed by atoms with van der Waals surface area (Å²) in [6, 6.07) is 0. The Bertz CT molecular complexity index is 273. The molecule has 1 heterocycles. The van der Waals surface area contributed by atoms with Gasteiger partial charge in [0.1, 0.15) is 13.2 Å². The molecule has 4 nitrogen and oxygen atoms in total. The van der Waals surface area contributed by atoms with Crippen molar-refractivity contribution in [3.63, 3.8) is 0 Å². The molecule has 0 aromatic carbocycles. The Kier molecular flexibility index (Phi) is 15.3. The number of aliphatic hydroxyl groups excluding tert-OH is 1. The number of nitrogens with zero attached hydrogens (tertiary/aromatic N) is 1. The predicted molar refractivity (Wildman–Crippen MR) is 87.3 cm³/mol. The van der Waals surface area contributed by atoms with E-state index in [4.69, 9.17) is 14.6 Å². The van der Waals surface area contributed by atoms with Crippen LogP contribution in [-0.4, -0.2) is 62.7 Å². The molecule has 1 atom stereocenters. The summed E-state index contributed by atoms with van der Waals surface area (Å²) >= 11 is 0. The van der Waals surface area contributed by atoms with Crippen molar-refractivity contribution in [2.45, 2.75) is 40.0 Å². The predicted octanol–water partition coefficient (Wildman–Crippen LogP) is 2.16. The lowest BCUT2D eigenvalue weighted by atomic mass is 9.96. The smallest absolute Gasteiger partial charge is 0.107 e. The second kappa shape index (κ2) is 15.8. The Morgan fingerprint density at radius 1 is 1.14 bits per heavy atom. The zero-order valence-corrected chi connectivity index (χ0v) is 14.1. The van der Waals surface area contributed by atoms with Crippen LogP contribution in [0, 0.1) is 17.8 Å². The van der Waals surface area contributed by atoms with E-state index >= 15 is 0 Å². The molecule has 0 amide bonds. The number of aliphatic hydroxyl groups is 1. The molecular formula is C17H33NO3. The van der Waals surface area contributed by atoms with E-state index < -0.39 is 0 Å². The fraction of sp³-hybridized carbons (Fsp3) is 0.882. The number of likely N-dealkylation sites (tertiary alicyclic amines) is 1. The van der Waals surface area contributed by atoms with E-state index in [1.165, 1.54) is 32.4 Å². The summed E-state index contributed by atoms with van der Waals surface area (Å²) in [6.07, 6.45) is 4.00. The minimum absolute atomic E-state index is 0.103. The SMILES string of the molecule is CC.CCC1CCCN(CCOCCOCC#CCO)C1. The van der Waals surface area contributed by atoms with Gasteiger partial charge in [-0.3, -0.25) is 0 Å². The lowest BCUT2D eigenvalue weighted by molar-refractivity contribution is 0.0421. The van der Waals surface area contributed by atoms with Gasteiger partial charge in [0.15, 0.2) is 0 Å². The number of hydrogen-bond donors (Lipinski definition) is 1. The van der Waals surface area contributed by atoms with Crippen molar-refractivity contribution in [2.24, 2.45) is 5.92 Å². The number of rotatable bonds is 8. The normalized spacial score (nSPS) is 18.4. The third kappa shape index (κ3) is 11.7. The molecule has 0 radical (unpaired) electrons. The maximum absolute atomic E-state index is 8.44. The summed E-state index contributed by atoms with van der Waals surface area (Å²) in [5.74, 6) is 6.12. The molecule has 124 valence electrons. The standard InChI is InChI=1S/C15H27NO3.C2H6/c1-2-15-6-5-7-16(14-15)8-11-19-13-12-18-10-4-3-9-17;1-2/h15,17H,2,5-14H2,1H3;1-2H3. The topological polar surface area (TPSA) is 41.9 Å². The average Bonchev–Trinajstić information content (AvgIpc) is 2.55. The first-order chi connectivity index (χ1) is 10.4. The van der Waals surface area contributed by atoms with Gasteiger partial charge in [0, 0.05) is 13.1 Å². The molecule has 0 spiro atoms. The Morgan fingerprint density at radius 3 is 2.62 bits per heavy atom. The van der Waals surface area contributed by atoms with Crippen LogP contribution in [0.25, 0.3) is 0 Å². The van der Waals surface area contributed by atoms with Crippen molar-refractivity contribution in [1.29, 1.82) is 0 Å². The summed E-state index contributed by atoms with van der Waals surface area (Å²) in [5.41, 5.74) is 0. The first-order valence-corrected chi connectivity index (χ1v) is 8.31. The van der Waals surface area contributed by atoms with Gasteiger partial charge in [0.25, 0.3) is 0 Å². The molecule has 1 rings (SSSR count). The van der Waals surface area contributed by atoms with Crippen molar-refractivity contribution < 1.29 is 14.6 Å². The zero-order chi connectivity index (χ0) is 15.8. The summed E-state index contributed by atoms with van der Waals surface area (Å²) in [5, 5.41) is 8.44. The van der Waals surface area contributed by atoms with E-state index in [2.05, 4.69) is 23.7 Å². The van der Waals surface area contributed by atoms with Crippen LogP contribution in [0.2, 0.25) is 0 Å². The summed E-state index contributed by atoms with van der Waals surface area (Å²) in [7, 11) is 0. The molecule has 0 aromatic heterocycles. The van der Waals surface area contributed by atoms with Crippen molar-refractivity contribution in [1.82, 2.24) is 4.90 Å². The maximum atomic E-state index is 8.44. The molecule has 1 aliphatic heterocycles. The quantitative estimate of drug-likeness (QED) is 0.551. The van der Waals surface area contributed by atoms with Gasteiger partial charge in [-0.25, -0.2) is 0 Å². The van der Waals surface area contributed by atoms with E-state index in [-0.39, 0.29) is 6.61 Å². The Hall–Kier alpha value is -0.600. The molecule has 0 aromatic rings. The van der Waals surface area contributed by atoms with Gasteiger partial charge in [-0.05, 0) is 25.3 Å². The molecule has 1 aliphatic rings. The lowest BCUT2D eigenvalue weighted by Gasteiger charge is -2.32. The fourth-order valence-electron chi connectivity index (χ4n) is 2.33. The summed E-state index contributed by atoms with van der Waals surface area (Å²) in [4.78, 5) is 2.51. The zero-order valence-electron chi connectivity index (χ0n) is 14.1. The van der Waals surface area contributed by atoms with Gasteiger partial charge >= 0.3 is 0 Å². The molecule has 0 aliphatic carbocycles. The average molecular weight is 299 g/mol. The molecule has 1 N–H and O–H groups in total. The van der Waals surface area contributed by atoms with Crippen molar-refractivity contribution in [3.8, 4) is 11.8 Å². The summed E-state index contributed by atoms with van der Waals surface area (Å²) in [6.45, 7) is 12.0. The first-order valence-electron chi connectivity index (χ1n) is 8.31. The molecule has 1 unspecified atom stereocenters. The van der Waals surface area contributed by atoms with Gasteiger partial charge in [0.05, 0.1) is 19.8 Å². The molecule has 1 fully saturated rings. The highest BCUT2D eigenvalue weighted by Crippen LogP contribution is 2.18. The van der Waals surface area contributed by atoms with Crippen LogP contribution >= 0.6 is 0 Å². The molecule has 1 saturated heterocycles.